The maximum absolute atomic E-state index is 13.0. The van der Waals surface area contributed by atoms with Gasteiger partial charge < -0.3 is 10.2 Å². The van der Waals surface area contributed by atoms with Crippen LogP contribution in [-0.2, 0) is 11.3 Å². The van der Waals surface area contributed by atoms with Gasteiger partial charge in [0.1, 0.15) is 11.2 Å². The molecule has 0 saturated carbocycles. The summed E-state index contributed by atoms with van der Waals surface area (Å²) in [5.41, 5.74) is 4.47. The van der Waals surface area contributed by atoms with Crippen LogP contribution in [0.3, 0.4) is 0 Å². The van der Waals surface area contributed by atoms with Crippen molar-refractivity contribution in [2.45, 2.75) is 26.3 Å². The zero-order valence-electron chi connectivity index (χ0n) is 17.9. The summed E-state index contributed by atoms with van der Waals surface area (Å²) in [5, 5.41) is 2.94. The van der Waals surface area contributed by atoms with Gasteiger partial charge in [-0.1, -0.05) is 30.3 Å². The second kappa shape index (κ2) is 8.59. The number of aromatic nitrogens is 2. The summed E-state index contributed by atoms with van der Waals surface area (Å²) in [6.45, 7) is 4.08. The third kappa shape index (κ3) is 4.03. The maximum Gasteiger partial charge on any atom is 0.271 e. The zero-order valence-corrected chi connectivity index (χ0v) is 18.7. The van der Waals surface area contributed by atoms with Gasteiger partial charge in [-0.3, -0.25) is 14.2 Å². The number of anilines is 2. The molecule has 2 aromatic carbocycles. The van der Waals surface area contributed by atoms with Gasteiger partial charge in [0.25, 0.3) is 5.56 Å². The predicted molar refractivity (Wildman–Crippen MR) is 131 cm³/mol. The van der Waals surface area contributed by atoms with Crippen LogP contribution in [0.1, 0.15) is 18.4 Å². The van der Waals surface area contributed by atoms with E-state index in [0.717, 1.165) is 34.8 Å². The van der Waals surface area contributed by atoms with Gasteiger partial charge in [0, 0.05) is 29.3 Å². The lowest BCUT2D eigenvalue weighted by Crippen LogP contribution is -2.27. The monoisotopic (exact) mass is 444 g/mol. The van der Waals surface area contributed by atoms with E-state index in [4.69, 9.17) is 0 Å². The molecule has 6 nitrogen and oxygen atoms in total. The highest BCUT2D eigenvalue weighted by atomic mass is 32.1. The van der Waals surface area contributed by atoms with E-state index in [1.165, 1.54) is 40.8 Å². The van der Waals surface area contributed by atoms with E-state index < -0.39 is 0 Å². The zero-order chi connectivity index (χ0) is 22.1. The van der Waals surface area contributed by atoms with Gasteiger partial charge in [-0.2, -0.15) is 0 Å². The fourth-order valence-corrected chi connectivity index (χ4v) is 5.17. The minimum absolute atomic E-state index is 0.0757. The number of carbonyl (C=O) groups excluding carboxylic acids is 1. The average molecular weight is 445 g/mol. The van der Waals surface area contributed by atoms with Crippen LogP contribution in [0.25, 0.3) is 20.7 Å². The van der Waals surface area contributed by atoms with Gasteiger partial charge in [0.2, 0.25) is 5.91 Å². The summed E-state index contributed by atoms with van der Waals surface area (Å²) in [7, 11) is 0. The Labute approximate surface area is 190 Å². The van der Waals surface area contributed by atoms with Crippen molar-refractivity contribution in [1.29, 1.82) is 0 Å². The minimum atomic E-state index is -0.245. The van der Waals surface area contributed by atoms with E-state index >= 15 is 0 Å². The lowest BCUT2D eigenvalue weighted by atomic mass is 10.1. The molecule has 0 unspecified atom stereocenters. The van der Waals surface area contributed by atoms with Crippen molar-refractivity contribution in [2.24, 2.45) is 0 Å². The highest BCUT2D eigenvalue weighted by Gasteiger charge is 2.15. The summed E-state index contributed by atoms with van der Waals surface area (Å²) in [6, 6.07) is 17.9. The Balaban J connectivity index is 1.33. The van der Waals surface area contributed by atoms with Crippen LogP contribution in [0.2, 0.25) is 0 Å². The van der Waals surface area contributed by atoms with Crippen molar-refractivity contribution < 1.29 is 4.79 Å². The molecule has 5 rings (SSSR count). The van der Waals surface area contributed by atoms with Crippen molar-refractivity contribution in [2.75, 3.05) is 23.3 Å². The van der Waals surface area contributed by atoms with Gasteiger partial charge in [0.05, 0.1) is 11.8 Å². The fourth-order valence-electron chi connectivity index (χ4n) is 4.11. The summed E-state index contributed by atoms with van der Waals surface area (Å²) in [6.07, 6.45) is 3.90. The van der Waals surface area contributed by atoms with Crippen LogP contribution in [0.5, 0.6) is 0 Å². The van der Waals surface area contributed by atoms with Gasteiger partial charge in [-0.05, 0) is 55.2 Å². The Hall–Kier alpha value is -3.45. The Morgan fingerprint density at radius 2 is 1.88 bits per heavy atom. The molecule has 4 aromatic rings. The van der Waals surface area contributed by atoms with Crippen LogP contribution in [0.15, 0.2) is 65.7 Å². The molecule has 3 heterocycles. The predicted octanol–water partition coefficient (Wildman–Crippen LogP) is 4.67. The first kappa shape index (κ1) is 20.5. The Kier molecular flexibility index (Phi) is 5.49. The van der Waals surface area contributed by atoms with E-state index in [9.17, 15) is 9.59 Å². The van der Waals surface area contributed by atoms with E-state index in [2.05, 4.69) is 21.3 Å². The van der Waals surface area contributed by atoms with Crippen molar-refractivity contribution in [3.8, 4) is 10.4 Å². The van der Waals surface area contributed by atoms with Crippen LogP contribution in [0.4, 0.5) is 11.4 Å². The molecule has 1 amide bonds. The molecule has 1 aliphatic rings. The first-order valence-corrected chi connectivity index (χ1v) is 11.6. The molecule has 7 heteroatoms. The minimum Gasteiger partial charge on any atom is -0.372 e. The van der Waals surface area contributed by atoms with Crippen LogP contribution in [0, 0.1) is 6.92 Å². The van der Waals surface area contributed by atoms with Crippen LogP contribution >= 0.6 is 11.3 Å². The molecular formula is C25H24N4O2S. The van der Waals surface area contributed by atoms with Gasteiger partial charge >= 0.3 is 0 Å². The quantitative estimate of drug-likeness (QED) is 0.486. The highest BCUT2D eigenvalue weighted by Crippen LogP contribution is 2.30. The number of fused-ring (bicyclic) bond motifs is 1. The lowest BCUT2D eigenvalue weighted by molar-refractivity contribution is -0.116. The second-order valence-corrected chi connectivity index (χ2v) is 9.16. The number of hydrogen-bond donors (Lipinski definition) is 1. The average Bonchev–Trinajstić information content (AvgIpc) is 3.48. The summed E-state index contributed by atoms with van der Waals surface area (Å²) < 4.78 is 1.93. The second-order valence-electron chi connectivity index (χ2n) is 8.11. The molecule has 162 valence electrons. The number of amides is 1. The number of nitrogens with one attached hydrogen (secondary N) is 1. The highest BCUT2D eigenvalue weighted by molar-refractivity contribution is 7.22. The van der Waals surface area contributed by atoms with Crippen LogP contribution < -0.4 is 15.8 Å². The molecule has 0 spiro atoms. The van der Waals surface area contributed by atoms with Gasteiger partial charge in [-0.25, -0.2) is 4.98 Å². The molecule has 0 radical (unpaired) electrons. The van der Waals surface area contributed by atoms with Gasteiger partial charge in [0.15, 0.2) is 0 Å². The lowest BCUT2D eigenvalue weighted by Gasteiger charge is -2.19. The van der Waals surface area contributed by atoms with E-state index in [-0.39, 0.29) is 18.0 Å². The summed E-state index contributed by atoms with van der Waals surface area (Å²) in [4.78, 5) is 33.4. The van der Waals surface area contributed by atoms with Crippen molar-refractivity contribution in [3.63, 3.8) is 0 Å². The van der Waals surface area contributed by atoms with Crippen molar-refractivity contribution in [1.82, 2.24) is 9.55 Å². The molecule has 1 N–H and O–H groups in total. The third-order valence-electron chi connectivity index (χ3n) is 5.83. The smallest absolute Gasteiger partial charge is 0.271 e. The normalized spacial score (nSPS) is 13.6. The molecule has 1 saturated heterocycles. The molecular weight excluding hydrogens is 420 g/mol. The van der Waals surface area contributed by atoms with Crippen LogP contribution in [-0.4, -0.2) is 28.5 Å². The first-order valence-electron chi connectivity index (χ1n) is 10.8. The number of hydrogen-bond acceptors (Lipinski definition) is 5. The molecule has 2 aromatic heterocycles. The molecule has 1 aliphatic heterocycles. The SMILES string of the molecule is Cc1cc(N2CCCC2)ccc1NC(=O)Cn1cnc2cc(-c3ccccc3)sc2c1=O. The molecule has 32 heavy (non-hydrogen) atoms. The van der Waals surface area contributed by atoms with Crippen molar-refractivity contribution in [3.05, 3.63) is 76.8 Å². The molecule has 0 atom stereocenters. The number of thiophene rings is 1. The van der Waals surface area contributed by atoms with Gasteiger partial charge in [-0.15, -0.1) is 11.3 Å². The molecule has 0 aliphatic carbocycles. The number of carbonyl (C=O) groups is 1. The number of benzene rings is 2. The number of aryl methyl sites for hydroxylation is 1. The topological polar surface area (TPSA) is 67.2 Å². The summed E-state index contributed by atoms with van der Waals surface area (Å²) in [5.74, 6) is -0.245. The van der Waals surface area contributed by atoms with E-state index in [1.807, 2.05) is 55.5 Å². The molecule has 1 fully saturated rings. The van der Waals surface area contributed by atoms with E-state index in [0.29, 0.717) is 10.2 Å². The molecule has 0 bridgehead atoms. The number of rotatable bonds is 5. The summed E-state index contributed by atoms with van der Waals surface area (Å²) >= 11 is 1.41. The maximum atomic E-state index is 13.0. The third-order valence-corrected chi connectivity index (χ3v) is 6.99. The Morgan fingerprint density at radius 1 is 1.09 bits per heavy atom. The standard InChI is InChI=1S/C25H24N4O2S/c1-17-13-19(28-11-5-6-12-28)9-10-20(17)27-23(30)15-29-16-26-21-14-22(32-24(21)25(29)31)18-7-3-2-4-8-18/h2-4,7-10,13-14,16H,5-6,11-12,15H2,1H3,(H,27,30). The largest absolute Gasteiger partial charge is 0.372 e. The Morgan fingerprint density at radius 3 is 2.62 bits per heavy atom. The number of nitrogens with zero attached hydrogens (tertiary/aromatic N) is 3. The first-order chi connectivity index (χ1) is 15.6. The Bertz CT molecular complexity index is 1340. The van der Waals surface area contributed by atoms with Crippen molar-refractivity contribution >= 4 is 38.8 Å². The van der Waals surface area contributed by atoms with E-state index in [1.54, 1.807) is 0 Å². The fraction of sp³-hybridized carbons (Fsp3) is 0.240.